The Labute approximate surface area is 95.8 Å². The van der Waals surface area contributed by atoms with Gasteiger partial charge in [-0.15, -0.1) is 0 Å². The molecule has 1 fully saturated rings. The van der Waals surface area contributed by atoms with Crippen molar-refractivity contribution in [1.82, 2.24) is 0 Å². The molecule has 3 nitrogen and oxygen atoms in total. The SMILES string of the molecule is CC1CCCC1Nc1ccc2c(c1)OCO2. The van der Waals surface area contributed by atoms with Crippen LogP contribution in [-0.2, 0) is 0 Å². The molecule has 0 amide bonds. The molecular formula is C13H17NO2. The van der Waals surface area contributed by atoms with Crippen LogP contribution in [0.3, 0.4) is 0 Å². The van der Waals surface area contributed by atoms with Gasteiger partial charge in [0.25, 0.3) is 0 Å². The number of hydrogen-bond acceptors (Lipinski definition) is 3. The number of ether oxygens (including phenoxy) is 2. The molecular weight excluding hydrogens is 202 g/mol. The second kappa shape index (κ2) is 3.89. The van der Waals surface area contributed by atoms with Crippen molar-refractivity contribution in [1.29, 1.82) is 0 Å². The van der Waals surface area contributed by atoms with Crippen LogP contribution >= 0.6 is 0 Å². The van der Waals surface area contributed by atoms with Gasteiger partial charge in [0.1, 0.15) is 0 Å². The van der Waals surface area contributed by atoms with Crippen LogP contribution in [0.5, 0.6) is 11.5 Å². The molecule has 1 saturated carbocycles. The standard InChI is InChI=1S/C13H17NO2/c1-9-3-2-4-11(9)14-10-5-6-12-13(7-10)16-8-15-12/h5-7,9,11,14H,2-4,8H2,1H3. The summed E-state index contributed by atoms with van der Waals surface area (Å²) < 4.78 is 10.7. The monoisotopic (exact) mass is 219 g/mol. The first kappa shape index (κ1) is 9.82. The Morgan fingerprint density at radius 2 is 2.06 bits per heavy atom. The molecule has 3 rings (SSSR count). The maximum atomic E-state index is 5.37. The summed E-state index contributed by atoms with van der Waals surface area (Å²) in [7, 11) is 0. The zero-order chi connectivity index (χ0) is 11.0. The van der Waals surface area contributed by atoms with Crippen molar-refractivity contribution >= 4 is 5.69 Å². The van der Waals surface area contributed by atoms with Gasteiger partial charge in [-0.3, -0.25) is 0 Å². The van der Waals surface area contributed by atoms with E-state index in [0.29, 0.717) is 12.8 Å². The molecule has 86 valence electrons. The number of nitrogens with one attached hydrogen (secondary N) is 1. The molecule has 0 aromatic heterocycles. The van der Waals surface area contributed by atoms with Crippen molar-refractivity contribution < 1.29 is 9.47 Å². The normalized spacial score (nSPS) is 27.1. The number of benzene rings is 1. The topological polar surface area (TPSA) is 30.5 Å². The van der Waals surface area contributed by atoms with E-state index in [0.717, 1.165) is 23.1 Å². The van der Waals surface area contributed by atoms with Crippen molar-refractivity contribution in [2.24, 2.45) is 5.92 Å². The summed E-state index contributed by atoms with van der Waals surface area (Å²) in [6.45, 7) is 2.66. The van der Waals surface area contributed by atoms with E-state index in [2.05, 4.69) is 18.3 Å². The van der Waals surface area contributed by atoms with E-state index in [-0.39, 0.29) is 0 Å². The predicted molar refractivity (Wildman–Crippen MR) is 63.0 cm³/mol. The van der Waals surface area contributed by atoms with Crippen molar-refractivity contribution in [2.45, 2.75) is 32.2 Å². The van der Waals surface area contributed by atoms with Gasteiger partial charge in [0.15, 0.2) is 11.5 Å². The summed E-state index contributed by atoms with van der Waals surface area (Å²) in [6.07, 6.45) is 3.95. The van der Waals surface area contributed by atoms with Crippen LogP contribution in [0.2, 0.25) is 0 Å². The fraction of sp³-hybridized carbons (Fsp3) is 0.538. The fourth-order valence-corrected chi connectivity index (χ4v) is 2.56. The highest BCUT2D eigenvalue weighted by Gasteiger charge is 2.23. The second-order valence-electron chi connectivity index (χ2n) is 4.73. The quantitative estimate of drug-likeness (QED) is 0.829. The van der Waals surface area contributed by atoms with Crippen LogP contribution in [-0.4, -0.2) is 12.8 Å². The molecule has 1 heterocycles. The largest absolute Gasteiger partial charge is 0.454 e. The van der Waals surface area contributed by atoms with E-state index in [1.807, 2.05) is 12.1 Å². The lowest BCUT2D eigenvalue weighted by atomic mass is 10.1. The van der Waals surface area contributed by atoms with Gasteiger partial charge in [0, 0.05) is 17.8 Å². The third-order valence-electron chi connectivity index (χ3n) is 3.59. The van der Waals surface area contributed by atoms with Gasteiger partial charge in [-0.1, -0.05) is 13.3 Å². The van der Waals surface area contributed by atoms with Gasteiger partial charge in [-0.25, -0.2) is 0 Å². The van der Waals surface area contributed by atoms with Crippen molar-refractivity contribution in [3.63, 3.8) is 0 Å². The molecule has 0 spiro atoms. The molecule has 0 radical (unpaired) electrons. The van der Waals surface area contributed by atoms with Crippen LogP contribution < -0.4 is 14.8 Å². The molecule has 2 unspecified atom stereocenters. The minimum atomic E-state index is 0.346. The van der Waals surface area contributed by atoms with Gasteiger partial charge in [0.05, 0.1) is 0 Å². The zero-order valence-corrected chi connectivity index (χ0v) is 9.53. The number of fused-ring (bicyclic) bond motifs is 1. The summed E-state index contributed by atoms with van der Waals surface area (Å²) in [6, 6.07) is 6.69. The molecule has 1 aromatic carbocycles. The third-order valence-corrected chi connectivity index (χ3v) is 3.59. The first-order valence-electron chi connectivity index (χ1n) is 5.99. The maximum absolute atomic E-state index is 5.37. The van der Waals surface area contributed by atoms with E-state index >= 15 is 0 Å². The van der Waals surface area contributed by atoms with Gasteiger partial charge in [-0.05, 0) is 30.9 Å². The first-order valence-corrected chi connectivity index (χ1v) is 5.99. The molecule has 1 aliphatic heterocycles. The van der Waals surface area contributed by atoms with Gasteiger partial charge in [0.2, 0.25) is 6.79 Å². The van der Waals surface area contributed by atoms with Crippen LogP contribution in [0.1, 0.15) is 26.2 Å². The minimum Gasteiger partial charge on any atom is -0.454 e. The van der Waals surface area contributed by atoms with Crippen molar-refractivity contribution in [2.75, 3.05) is 12.1 Å². The summed E-state index contributed by atoms with van der Waals surface area (Å²) in [5, 5.41) is 3.58. The van der Waals surface area contributed by atoms with E-state index < -0.39 is 0 Å². The lowest BCUT2D eigenvalue weighted by molar-refractivity contribution is 0.174. The third kappa shape index (κ3) is 1.70. The molecule has 2 atom stereocenters. The Bertz CT molecular complexity index is 392. The molecule has 0 bridgehead atoms. The molecule has 2 aliphatic rings. The van der Waals surface area contributed by atoms with E-state index in [4.69, 9.17) is 9.47 Å². The smallest absolute Gasteiger partial charge is 0.231 e. The second-order valence-corrected chi connectivity index (χ2v) is 4.73. The van der Waals surface area contributed by atoms with Crippen LogP contribution in [0.4, 0.5) is 5.69 Å². The highest BCUT2D eigenvalue weighted by Crippen LogP contribution is 2.35. The average molecular weight is 219 g/mol. The molecule has 16 heavy (non-hydrogen) atoms. The molecule has 1 N–H and O–H groups in total. The highest BCUT2D eigenvalue weighted by molar-refractivity contribution is 5.56. The highest BCUT2D eigenvalue weighted by atomic mass is 16.7. The van der Waals surface area contributed by atoms with Crippen molar-refractivity contribution in [3.05, 3.63) is 18.2 Å². The lowest BCUT2D eigenvalue weighted by Gasteiger charge is -2.18. The Balaban J connectivity index is 1.75. The minimum absolute atomic E-state index is 0.346. The average Bonchev–Trinajstić information content (AvgIpc) is 2.88. The zero-order valence-electron chi connectivity index (χ0n) is 9.53. The molecule has 0 saturated heterocycles. The summed E-state index contributed by atoms with van der Waals surface area (Å²) in [4.78, 5) is 0. The Morgan fingerprint density at radius 3 is 2.88 bits per heavy atom. The van der Waals surface area contributed by atoms with Crippen LogP contribution in [0, 0.1) is 5.92 Å². The summed E-state index contributed by atoms with van der Waals surface area (Å²) in [5.74, 6) is 2.48. The van der Waals surface area contributed by atoms with Crippen molar-refractivity contribution in [3.8, 4) is 11.5 Å². The number of rotatable bonds is 2. The van der Waals surface area contributed by atoms with Gasteiger partial charge >= 0.3 is 0 Å². The lowest BCUT2D eigenvalue weighted by Crippen LogP contribution is -2.21. The molecule has 1 aromatic rings. The number of anilines is 1. The van der Waals surface area contributed by atoms with Crippen LogP contribution in [0.15, 0.2) is 18.2 Å². The van der Waals surface area contributed by atoms with Crippen LogP contribution in [0.25, 0.3) is 0 Å². The maximum Gasteiger partial charge on any atom is 0.231 e. The van der Waals surface area contributed by atoms with E-state index in [1.165, 1.54) is 19.3 Å². The first-order chi connectivity index (χ1) is 7.83. The van der Waals surface area contributed by atoms with E-state index in [9.17, 15) is 0 Å². The molecule has 3 heteroatoms. The van der Waals surface area contributed by atoms with Gasteiger partial charge in [-0.2, -0.15) is 0 Å². The predicted octanol–water partition coefficient (Wildman–Crippen LogP) is 3.02. The Hall–Kier alpha value is -1.38. The van der Waals surface area contributed by atoms with E-state index in [1.54, 1.807) is 0 Å². The Morgan fingerprint density at radius 1 is 1.19 bits per heavy atom. The number of hydrogen-bond donors (Lipinski definition) is 1. The van der Waals surface area contributed by atoms with Gasteiger partial charge < -0.3 is 14.8 Å². The molecule has 1 aliphatic carbocycles. The summed E-state index contributed by atoms with van der Waals surface area (Å²) in [5.41, 5.74) is 1.14. The summed E-state index contributed by atoms with van der Waals surface area (Å²) >= 11 is 0. The Kier molecular flexibility index (Phi) is 2.39. The fourth-order valence-electron chi connectivity index (χ4n) is 2.56.